The van der Waals surface area contributed by atoms with Crippen LogP contribution in [-0.4, -0.2) is 25.1 Å². The van der Waals surface area contributed by atoms with Crippen LogP contribution in [0, 0.1) is 23.7 Å². The topological polar surface area (TPSA) is 67.3 Å². The highest BCUT2D eigenvalue weighted by atomic mass is 35.5. The summed E-state index contributed by atoms with van der Waals surface area (Å²) in [5, 5.41) is 8.95. The number of aromatic nitrogens is 5. The van der Waals surface area contributed by atoms with Crippen molar-refractivity contribution >= 4 is 22.6 Å². The van der Waals surface area contributed by atoms with E-state index in [-0.39, 0.29) is 0 Å². The minimum Gasteiger partial charge on any atom is -0.272 e. The third-order valence-corrected chi connectivity index (χ3v) is 7.89. The Kier molecular flexibility index (Phi) is 4.15. The van der Waals surface area contributed by atoms with E-state index in [0.29, 0.717) is 16.6 Å². The highest BCUT2D eigenvalue weighted by Crippen LogP contribution is 2.50. The predicted molar refractivity (Wildman–Crippen MR) is 114 cm³/mol. The molecular formula is C23H26ClN5. The van der Waals surface area contributed by atoms with Crippen LogP contribution in [0.2, 0.25) is 5.02 Å². The summed E-state index contributed by atoms with van der Waals surface area (Å²) in [6, 6.07) is 4.18. The normalized spacial score (nSPS) is 28.9. The molecule has 4 fully saturated rings. The lowest BCUT2D eigenvalue weighted by molar-refractivity contribution is 0.0339. The molecule has 4 aliphatic carbocycles. The molecule has 6 heteroatoms. The maximum atomic E-state index is 6.19. The van der Waals surface area contributed by atoms with Gasteiger partial charge in [-0.25, -0.2) is 15.0 Å². The maximum Gasteiger partial charge on any atom is 0.181 e. The van der Waals surface area contributed by atoms with E-state index in [0.717, 1.165) is 47.0 Å². The summed E-state index contributed by atoms with van der Waals surface area (Å²) >= 11 is 6.19. The molecule has 2 unspecified atom stereocenters. The van der Waals surface area contributed by atoms with Gasteiger partial charge in [-0.15, -0.1) is 0 Å². The molecule has 1 N–H and O–H groups in total. The van der Waals surface area contributed by atoms with E-state index in [1.54, 1.807) is 6.20 Å². The Labute approximate surface area is 175 Å². The van der Waals surface area contributed by atoms with Gasteiger partial charge in [0.2, 0.25) is 0 Å². The molecule has 150 valence electrons. The molecular weight excluding hydrogens is 382 g/mol. The first kappa shape index (κ1) is 17.8. The number of fused-ring (bicyclic) bond motifs is 4. The van der Waals surface area contributed by atoms with Crippen LogP contribution in [0.5, 0.6) is 0 Å². The SMILES string of the molecule is CC1C2CCC(CC2)C1Cc1cc(C2CC2)nc(-c2[nH]nc3ncc(Cl)cc23)n1. The molecule has 0 spiro atoms. The molecule has 0 radical (unpaired) electrons. The van der Waals surface area contributed by atoms with Gasteiger partial charge in [-0.1, -0.05) is 18.5 Å². The van der Waals surface area contributed by atoms with Crippen LogP contribution in [0.15, 0.2) is 18.3 Å². The zero-order chi connectivity index (χ0) is 19.5. The highest BCUT2D eigenvalue weighted by Gasteiger charge is 2.41. The standard InChI is InChI=1S/C23H26ClN5/c1-12-13-2-4-14(5-3-13)18(12)9-17-10-20(15-6-7-15)27-23(26-17)21-19-8-16(24)11-25-22(19)29-28-21/h8,10-15,18H,2-7,9H2,1H3,(H,25,28,29). The van der Waals surface area contributed by atoms with E-state index in [4.69, 9.17) is 21.6 Å². The van der Waals surface area contributed by atoms with Crippen molar-refractivity contribution in [3.63, 3.8) is 0 Å². The van der Waals surface area contributed by atoms with E-state index in [1.165, 1.54) is 49.9 Å². The maximum absolute atomic E-state index is 6.19. The minimum atomic E-state index is 0.589. The Bertz CT molecular complexity index is 1060. The van der Waals surface area contributed by atoms with Crippen molar-refractivity contribution < 1.29 is 0 Å². The van der Waals surface area contributed by atoms with Gasteiger partial charge in [0.15, 0.2) is 11.5 Å². The van der Waals surface area contributed by atoms with Gasteiger partial charge in [0.25, 0.3) is 0 Å². The second-order valence-electron chi connectivity index (χ2n) is 9.41. The summed E-state index contributed by atoms with van der Waals surface area (Å²) in [4.78, 5) is 14.3. The van der Waals surface area contributed by atoms with Crippen LogP contribution < -0.4 is 0 Å². The second kappa shape index (κ2) is 6.76. The summed E-state index contributed by atoms with van der Waals surface area (Å²) in [7, 11) is 0. The molecule has 0 amide bonds. The zero-order valence-electron chi connectivity index (χ0n) is 16.7. The average Bonchev–Trinajstić information content (AvgIpc) is 3.51. The van der Waals surface area contributed by atoms with Crippen molar-refractivity contribution in [3.8, 4) is 11.5 Å². The van der Waals surface area contributed by atoms with Crippen LogP contribution in [0.1, 0.15) is 62.8 Å². The van der Waals surface area contributed by atoms with Crippen LogP contribution in [0.3, 0.4) is 0 Å². The Hall–Kier alpha value is -2.01. The first-order valence-corrected chi connectivity index (χ1v) is 11.4. The van der Waals surface area contributed by atoms with Gasteiger partial charge >= 0.3 is 0 Å². The van der Waals surface area contributed by atoms with Gasteiger partial charge in [-0.05, 0) is 80.8 Å². The summed E-state index contributed by atoms with van der Waals surface area (Å²) in [5.74, 6) is 4.68. The summed E-state index contributed by atoms with van der Waals surface area (Å²) in [6.45, 7) is 2.47. The molecule has 7 rings (SSSR count). The summed E-state index contributed by atoms with van der Waals surface area (Å²) in [5.41, 5.74) is 3.87. The molecule has 4 saturated carbocycles. The van der Waals surface area contributed by atoms with Gasteiger partial charge in [-0.2, -0.15) is 5.10 Å². The Morgan fingerprint density at radius 1 is 1.03 bits per heavy atom. The number of aromatic amines is 1. The molecule has 29 heavy (non-hydrogen) atoms. The molecule has 2 bridgehead atoms. The average molecular weight is 408 g/mol. The molecule has 5 nitrogen and oxygen atoms in total. The van der Waals surface area contributed by atoms with E-state index < -0.39 is 0 Å². The van der Waals surface area contributed by atoms with Gasteiger partial charge in [0.1, 0.15) is 5.69 Å². The van der Waals surface area contributed by atoms with Crippen molar-refractivity contribution in [1.82, 2.24) is 25.1 Å². The van der Waals surface area contributed by atoms with Gasteiger partial charge in [-0.3, -0.25) is 5.10 Å². The molecule has 0 aliphatic heterocycles. The first-order chi connectivity index (χ1) is 14.2. The lowest BCUT2D eigenvalue weighted by atomic mass is 9.58. The molecule has 3 aromatic heterocycles. The van der Waals surface area contributed by atoms with E-state index in [2.05, 4.69) is 28.2 Å². The third kappa shape index (κ3) is 3.14. The third-order valence-electron chi connectivity index (χ3n) is 7.68. The highest BCUT2D eigenvalue weighted by molar-refractivity contribution is 6.31. The van der Waals surface area contributed by atoms with Crippen molar-refractivity contribution in [2.24, 2.45) is 23.7 Å². The number of halogens is 1. The monoisotopic (exact) mass is 407 g/mol. The van der Waals surface area contributed by atoms with Crippen LogP contribution in [0.4, 0.5) is 0 Å². The van der Waals surface area contributed by atoms with Crippen molar-refractivity contribution in [2.75, 3.05) is 0 Å². The molecule has 4 aliphatic rings. The molecule has 3 aromatic rings. The lowest BCUT2D eigenvalue weighted by Gasteiger charge is -2.47. The fraction of sp³-hybridized carbons (Fsp3) is 0.565. The minimum absolute atomic E-state index is 0.589. The largest absolute Gasteiger partial charge is 0.272 e. The smallest absolute Gasteiger partial charge is 0.181 e. The number of rotatable bonds is 4. The van der Waals surface area contributed by atoms with E-state index in [9.17, 15) is 0 Å². The van der Waals surface area contributed by atoms with Gasteiger partial charge in [0, 0.05) is 23.5 Å². The molecule has 0 aromatic carbocycles. The Morgan fingerprint density at radius 3 is 2.59 bits per heavy atom. The van der Waals surface area contributed by atoms with Crippen LogP contribution in [-0.2, 0) is 6.42 Å². The van der Waals surface area contributed by atoms with Crippen molar-refractivity contribution in [3.05, 3.63) is 34.7 Å². The number of nitrogens with one attached hydrogen (secondary N) is 1. The summed E-state index contributed by atoms with van der Waals surface area (Å²) < 4.78 is 0. The van der Waals surface area contributed by atoms with Gasteiger partial charge < -0.3 is 0 Å². The van der Waals surface area contributed by atoms with Crippen molar-refractivity contribution in [1.29, 1.82) is 0 Å². The number of hydrogen-bond donors (Lipinski definition) is 1. The quantitative estimate of drug-likeness (QED) is 0.614. The van der Waals surface area contributed by atoms with E-state index >= 15 is 0 Å². The molecule has 0 saturated heterocycles. The van der Waals surface area contributed by atoms with Gasteiger partial charge in [0.05, 0.1) is 10.4 Å². The zero-order valence-corrected chi connectivity index (χ0v) is 17.5. The molecule has 2 atom stereocenters. The first-order valence-electron chi connectivity index (χ1n) is 11.0. The number of nitrogens with zero attached hydrogens (tertiary/aromatic N) is 4. The van der Waals surface area contributed by atoms with Crippen LogP contribution in [0.25, 0.3) is 22.6 Å². The Morgan fingerprint density at radius 2 is 1.83 bits per heavy atom. The fourth-order valence-electron chi connectivity index (χ4n) is 5.84. The van der Waals surface area contributed by atoms with E-state index in [1.807, 2.05) is 6.07 Å². The number of hydrogen-bond acceptors (Lipinski definition) is 4. The Balaban J connectivity index is 1.40. The molecule has 3 heterocycles. The lowest BCUT2D eigenvalue weighted by Crippen LogP contribution is -2.39. The number of H-pyrrole nitrogens is 1. The van der Waals surface area contributed by atoms with Crippen molar-refractivity contribution in [2.45, 2.75) is 57.8 Å². The summed E-state index contributed by atoms with van der Waals surface area (Å²) in [6.07, 6.45) is 10.8. The fourth-order valence-corrected chi connectivity index (χ4v) is 6.00. The second-order valence-corrected chi connectivity index (χ2v) is 9.84. The van der Waals surface area contributed by atoms with Crippen LogP contribution >= 0.6 is 11.6 Å². The number of pyridine rings is 1. The predicted octanol–water partition coefficient (Wildman–Crippen LogP) is 5.56.